The normalized spacial score (nSPS) is 17.9. The van der Waals surface area contributed by atoms with E-state index in [-0.39, 0.29) is 24.3 Å². The minimum absolute atomic E-state index is 0.0789. The molecule has 0 aromatic heterocycles. The predicted octanol–water partition coefficient (Wildman–Crippen LogP) is 2.67. The van der Waals surface area contributed by atoms with Crippen LogP contribution in [0.4, 0.5) is 5.69 Å². The SMILES string of the molecule is CC(C)NC(=O)CC1Sc2ccc(Cl)cc2NC1=O. The van der Waals surface area contributed by atoms with Crippen LogP contribution >= 0.6 is 23.4 Å². The maximum Gasteiger partial charge on any atom is 0.238 e. The van der Waals surface area contributed by atoms with Gasteiger partial charge in [0.1, 0.15) is 0 Å². The van der Waals surface area contributed by atoms with E-state index in [4.69, 9.17) is 11.6 Å². The number of rotatable bonds is 3. The first-order valence-electron chi connectivity index (χ1n) is 6.02. The van der Waals surface area contributed by atoms with Gasteiger partial charge < -0.3 is 10.6 Å². The molecular weight excluding hydrogens is 284 g/mol. The third-order valence-corrected chi connectivity index (χ3v) is 4.09. The lowest BCUT2D eigenvalue weighted by Crippen LogP contribution is -2.37. The summed E-state index contributed by atoms with van der Waals surface area (Å²) >= 11 is 7.28. The number of nitrogens with one attached hydrogen (secondary N) is 2. The molecule has 0 saturated carbocycles. The average Bonchev–Trinajstić information content (AvgIpc) is 2.29. The highest BCUT2D eigenvalue weighted by atomic mass is 35.5. The van der Waals surface area contributed by atoms with E-state index in [0.29, 0.717) is 10.7 Å². The zero-order chi connectivity index (χ0) is 14.0. The number of anilines is 1. The van der Waals surface area contributed by atoms with Crippen LogP contribution < -0.4 is 10.6 Å². The minimum atomic E-state index is -0.396. The molecule has 1 aromatic carbocycles. The molecule has 0 bridgehead atoms. The van der Waals surface area contributed by atoms with Crippen LogP contribution in [-0.2, 0) is 9.59 Å². The number of thioether (sulfide) groups is 1. The van der Waals surface area contributed by atoms with Crippen molar-refractivity contribution in [3.8, 4) is 0 Å². The van der Waals surface area contributed by atoms with Crippen molar-refractivity contribution in [2.24, 2.45) is 0 Å². The van der Waals surface area contributed by atoms with Crippen LogP contribution in [0.15, 0.2) is 23.1 Å². The molecule has 1 aliphatic heterocycles. The first kappa shape index (κ1) is 14.2. The summed E-state index contributed by atoms with van der Waals surface area (Å²) in [6.45, 7) is 3.78. The van der Waals surface area contributed by atoms with Crippen LogP contribution in [-0.4, -0.2) is 23.1 Å². The van der Waals surface area contributed by atoms with E-state index in [1.165, 1.54) is 11.8 Å². The van der Waals surface area contributed by atoms with Crippen LogP contribution in [0.5, 0.6) is 0 Å². The Morgan fingerprint density at radius 1 is 1.53 bits per heavy atom. The van der Waals surface area contributed by atoms with Gasteiger partial charge >= 0.3 is 0 Å². The van der Waals surface area contributed by atoms with E-state index >= 15 is 0 Å². The van der Waals surface area contributed by atoms with Gasteiger partial charge in [-0.2, -0.15) is 0 Å². The van der Waals surface area contributed by atoms with Gasteiger partial charge in [-0.05, 0) is 32.0 Å². The smallest absolute Gasteiger partial charge is 0.238 e. The molecule has 1 aromatic rings. The van der Waals surface area contributed by atoms with Crippen molar-refractivity contribution in [1.82, 2.24) is 5.32 Å². The van der Waals surface area contributed by atoms with E-state index in [0.717, 1.165) is 4.90 Å². The van der Waals surface area contributed by atoms with Crippen LogP contribution in [0.3, 0.4) is 0 Å². The minimum Gasteiger partial charge on any atom is -0.354 e. The van der Waals surface area contributed by atoms with Crippen molar-refractivity contribution < 1.29 is 9.59 Å². The average molecular weight is 299 g/mol. The lowest BCUT2D eigenvalue weighted by Gasteiger charge is -2.24. The molecule has 102 valence electrons. The fourth-order valence-electron chi connectivity index (χ4n) is 1.81. The number of halogens is 1. The Balaban J connectivity index is 2.07. The van der Waals surface area contributed by atoms with E-state index in [2.05, 4.69) is 10.6 Å². The highest BCUT2D eigenvalue weighted by Crippen LogP contribution is 2.38. The van der Waals surface area contributed by atoms with E-state index in [9.17, 15) is 9.59 Å². The number of fused-ring (bicyclic) bond motifs is 1. The second-order valence-corrected chi connectivity index (χ2v) is 6.34. The molecule has 1 heterocycles. The molecule has 1 atom stereocenters. The Kier molecular flexibility index (Phi) is 4.37. The molecule has 1 aliphatic rings. The summed E-state index contributed by atoms with van der Waals surface area (Å²) in [7, 11) is 0. The standard InChI is InChI=1S/C13H15ClN2O2S/c1-7(2)15-12(17)6-11-13(18)16-9-5-8(14)3-4-10(9)19-11/h3-5,7,11H,6H2,1-2H3,(H,15,17)(H,16,18). The fourth-order valence-corrected chi connectivity index (χ4v) is 3.07. The zero-order valence-electron chi connectivity index (χ0n) is 10.7. The van der Waals surface area contributed by atoms with Crippen molar-refractivity contribution in [1.29, 1.82) is 0 Å². The molecule has 0 spiro atoms. The molecule has 2 rings (SSSR count). The largest absolute Gasteiger partial charge is 0.354 e. The van der Waals surface area contributed by atoms with Crippen LogP contribution in [0, 0.1) is 0 Å². The van der Waals surface area contributed by atoms with Gasteiger partial charge in [0, 0.05) is 22.4 Å². The Morgan fingerprint density at radius 3 is 2.95 bits per heavy atom. The number of benzene rings is 1. The van der Waals surface area contributed by atoms with Crippen molar-refractivity contribution >= 4 is 40.9 Å². The summed E-state index contributed by atoms with van der Waals surface area (Å²) in [5.74, 6) is -0.265. The highest BCUT2D eigenvalue weighted by Gasteiger charge is 2.29. The van der Waals surface area contributed by atoms with Crippen LogP contribution in [0.25, 0.3) is 0 Å². The van der Waals surface area contributed by atoms with Gasteiger partial charge in [0.15, 0.2) is 0 Å². The van der Waals surface area contributed by atoms with Crippen molar-refractivity contribution in [3.05, 3.63) is 23.2 Å². The lowest BCUT2D eigenvalue weighted by molar-refractivity contribution is -0.124. The number of amides is 2. The molecule has 0 radical (unpaired) electrons. The Morgan fingerprint density at radius 2 is 2.26 bits per heavy atom. The van der Waals surface area contributed by atoms with Gasteiger partial charge in [0.25, 0.3) is 0 Å². The first-order chi connectivity index (χ1) is 8.95. The topological polar surface area (TPSA) is 58.2 Å². The Labute approximate surface area is 121 Å². The summed E-state index contributed by atoms with van der Waals surface area (Å²) in [4.78, 5) is 24.6. The summed E-state index contributed by atoms with van der Waals surface area (Å²) in [5, 5.41) is 5.76. The van der Waals surface area contributed by atoms with Gasteiger partial charge in [-0.15, -0.1) is 11.8 Å². The molecule has 0 aliphatic carbocycles. The van der Waals surface area contributed by atoms with E-state index < -0.39 is 5.25 Å². The number of hydrogen-bond acceptors (Lipinski definition) is 3. The van der Waals surface area contributed by atoms with Gasteiger partial charge in [-0.3, -0.25) is 9.59 Å². The zero-order valence-corrected chi connectivity index (χ0v) is 12.3. The van der Waals surface area contributed by atoms with E-state index in [1.807, 2.05) is 19.9 Å². The van der Waals surface area contributed by atoms with Gasteiger partial charge in [0.05, 0.1) is 10.9 Å². The highest BCUT2D eigenvalue weighted by molar-refractivity contribution is 8.01. The monoisotopic (exact) mass is 298 g/mol. The number of carbonyl (C=O) groups excluding carboxylic acids is 2. The van der Waals surface area contributed by atoms with Crippen LogP contribution in [0.1, 0.15) is 20.3 Å². The van der Waals surface area contributed by atoms with Gasteiger partial charge in [-0.25, -0.2) is 0 Å². The third-order valence-electron chi connectivity index (χ3n) is 2.58. The van der Waals surface area contributed by atoms with Crippen LogP contribution in [0.2, 0.25) is 5.02 Å². The summed E-state index contributed by atoms with van der Waals surface area (Å²) < 4.78 is 0. The van der Waals surface area contributed by atoms with Gasteiger partial charge in [0.2, 0.25) is 11.8 Å². The Hall–Kier alpha value is -1.20. The fraction of sp³-hybridized carbons (Fsp3) is 0.385. The lowest BCUT2D eigenvalue weighted by atomic mass is 10.2. The predicted molar refractivity (Wildman–Crippen MR) is 77.6 cm³/mol. The number of hydrogen-bond donors (Lipinski definition) is 2. The Bertz CT molecular complexity index is 519. The van der Waals surface area contributed by atoms with E-state index in [1.54, 1.807) is 12.1 Å². The van der Waals surface area contributed by atoms with Crippen molar-refractivity contribution in [3.63, 3.8) is 0 Å². The van der Waals surface area contributed by atoms with Gasteiger partial charge in [-0.1, -0.05) is 11.6 Å². The quantitative estimate of drug-likeness (QED) is 0.902. The molecule has 1 unspecified atom stereocenters. The summed E-state index contributed by atoms with van der Waals surface area (Å²) in [5.41, 5.74) is 0.711. The molecule has 2 N–H and O–H groups in total. The summed E-state index contributed by atoms with van der Waals surface area (Å²) in [6, 6.07) is 5.42. The molecule has 0 saturated heterocycles. The molecule has 4 nitrogen and oxygen atoms in total. The summed E-state index contributed by atoms with van der Waals surface area (Å²) in [6.07, 6.45) is 0.177. The first-order valence-corrected chi connectivity index (χ1v) is 7.28. The molecule has 19 heavy (non-hydrogen) atoms. The maximum atomic E-state index is 11.9. The molecule has 6 heteroatoms. The molecular formula is C13H15ClN2O2S. The van der Waals surface area contributed by atoms with Crippen molar-refractivity contribution in [2.45, 2.75) is 36.5 Å². The maximum absolute atomic E-state index is 11.9. The third kappa shape index (κ3) is 3.64. The second-order valence-electron chi connectivity index (χ2n) is 4.66. The second kappa shape index (κ2) is 5.84. The molecule has 0 fully saturated rings. The number of carbonyl (C=O) groups is 2. The molecule has 2 amide bonds. The van der Waals surface area contributed by atoms with Crippen molar-refractivity contribution in [2.75, 3.05) is 5.32 Å².